The lowest BCUT2D eigenvalue weighted by atomic mass is 10.0. The maximum absolute atomic E-state index is 13.3. The molecule has 3 amide bonds. The molecule has 2 aromatic rings. The Balaban J connectivity index is 1.64. The predicted octanol–water partition coefficient (Wildman–Crippen LogP) is 1.69. The average molecular weight is 535 g/mol. The minimum absolute atomic E-state index is 0.110. The Labute approximate surface area is 214 Å². The molecule has 10 nitrogen and oxygen atoms in total. The van der Waals surface area contributed by atoms with Crippen molar-refractivity contribution in [1.29, 1.82) is 0 Å². The summed E-state index contributed by atoms with van der Waals surface area (Å²) in [4.78, 5) is 37.1. The van der Waals surface area contributed by atoms with Crippen molar-refractivity contribution in [1.82, 2.24) is 21.3 Å². The van der Waals surface area contributed by atoms with Crippen molar-refractivity contribution in [2.75, 3.05) is 6.54 Å². The molecule has 1 aliphatic rings. The van der Waals surface area contributed by atoms with E-state index >= 15 is 0 Å². The number of urea groups is 1. The number of carboxylic acids is 1. The summed E-state index contributed by atoms with van der Waals surface area (Å²) in [6, 6.07) is 14.1. The van der Waals surface area contributed by atoms with Gasteiger partial charge in [-0.05, 0) is 38.5 Å². The molecular formula is C24H30N4O6S2. The van der Waals surface area contributed by atoms with Gasteiger partial charge in [-0.25, -0.2) is 18.0 Å². The van der Waals surface area contributed by atoms with Crippen LogP contribution < -0.4 is 21.3 Å². The highest BCUT2D eigenvalue weighted by atomic mass is 32.3. The number of carbonyl (C=O) groups excluding carboxylic acids is 2. The van der Waals surface area contributed by atoms with E-state index in [4.69, 9.17) is 0 Å². The summed E-state index contributed by atoms with van der Waals surface area (Å²) in [6.07, 6.45) is 0. The summed E-state index contributed by atoms with van der Waals surface area (Å²) in [7, 11) is -3.88. The van der Waals surface area contributed by atoms with Gasteiger partial charge < -0.3 is 21.1 Å². The van der Waals surface area contributed by atoms with Gasteiger partial charge in [0.25, 0.3) is 0 Å². The van der Waals surface area contributed by atoms with E-state index in [2.05, 4.69) is 21.3 Å². The Morgan fingerprint density at radius 1 is 1.00 bits per heavy atom. The molecule has 36 heavy (non-hydrogen) atoms. The Kier molecular flexibility index (Phi) is 8.32. The van der Waals surface area contributed by atoms with Crippen LogP contribution in [0.3, 0.4) is 0 Å². The second kappa shape index (κ2) is 10.9. The number of carboxylic acid groups (broad SMARTS) is 1. The van der Waals surface area contributed by atoms with Crippen LogP contribution in [0.1, 0.15) is 26.3 Å². The second-order valence-corrected chi connectivity index (χ2v) is 13.6. The molecule has 1 fully saturated rings. The van der Waals surface area contributed by atoms with Crippen molar-refractivity contribution >= 4 is 39.5 Å². The first-order valence-electron chi connectivity index (χ1n) is 11.2. The minimum Gasteiger partial charge on any atom is -0.480 e. The van der Waals surface area contributed by atoms with Gasteiger partial charge in [-0.15, -0.1) is 11.8 Å². The SMILES string of the molecule is CC1(C)SC(C)(S(=O)(=O)c2ccccc2)NC1C(=O)NC(CNC(=O)NCc1ccccc1)C(=O)O. The summed E-state index contributed by atoms with van der Waals surface area (Å²) in [5.41, 5.74) is 0.872. The van der Waals surface area contributed by atoms with Gasteiger partial charge in [0.2, 0.25) is 15.7 Å². The molecule has 0 bridgehead atoms. The molecule has 1 saturated heterocycles. The standard InChI is InChI=1S/C24H30N4O6S2/c1-23(2)19(28-24(3,35-23)36(33,34)17-12-8-5-9-13-17)20(29)27-18(21(30)31)15-26-22(32)25-14-16-10-6-4-7-11-16/h4-13,18-19,28H,14-15H2,1-3H3,(H,27,29)(H,30,31)(H2,25,26,32). The van der Waals surface area contributed by atoms with E-state index in [1.54, 1.807) is 32.0 Å². The highest BCUT2D eigenvalue weighted by molar-refractivity contribution is 8.15. The average Bonchev–Trinajstić information content (AvgIpc) is 3.11. The molecule has 5 N–H and O–H groups in total. The van der Waals surface area contributed by atoms with Crippen LogP contribution in [0, 0.1) is 0 Å². The van der Waals surface area contributed by atoms with Crippen LogP contribution in [-0.2, 0) is 26.0 Å². The Hall–Kier alpha value is -3.09. The van der Waals surface area contributed by atoms with Crippen molar-refractivity contribution in [2.45, 2.75) is 53.2 Å². The van der Waals surface area contributed by atoms with E-state index in [0.717, 1.165) is 17.3 Å². The third-order valence-corrected chi connectivity index (χ3v) is 9.98. The number of rotatable bonds is 9. The fraction of sp³-hybridized carbons (Fsp3) is 0.375. The van der Waals surface area contributed by atoms with Crippen LogP contribution in [-0.4, -0.2) is 59.0 Å². The number of hydrogen-bond donors (Lipinski definition) is 5. The van der Waals surface area contributed by atoms with E-state index in [1.165, 1.54) is 19.1 Å². The second-order valence-electron chi connectivity index (χ2n) is 8.99. The Morgan fingerprint density at radius 2 is 1.58 bits per heavy atom. The van der Waals surface area contributed by atoms with E-state index in [1.807, 2.05) is 30.3 Å². The maximum Gasteiger partial charge on any atom is 0.328 e. The predicted molar refractivity (Wildman–Crippen MR) is 137 cm³/mol. The molecular weight excluding hydrogens is 504 g/mol. The number of hydrogen-bond acceptors (Lipinski definition) is 7. The van der Waals surface area contributed by atoms with Gasteiger partial charge in [-0.1, -0.05) is 48.5 Å². The van der Waals surface area contributed by atoms with Gasteiger partial charge in [0, 0.05) is 11.3 Å². The number of carbonyl (C=O) groups is 3. The van der Waals surface area contributed by atoms with Crippen LogP contribution in [0.5, 0.6) is 0 Å². The van der Waals surface area contributed by atoms with Crippen LogP contribution in [0.25, 0.3) is 0 Å². The molecule has 194 valence electrons. The molecule has 3 atom stereocenters. The number of nitrogens with one attached hydrogen (secondary N) is 4. The molecule has 0 saturated carbocycles. The van der Waals surface area contributed by atoms with Crippen LogP contribution in [0.15, 0.2) is 65.6 Å². The lowest BCUT2D eigenvalue weighted by Gasteiger charge is -2.25. The zero-order valence-corrected chi connectivity index (χ0v) is 21.8. The van der Waals surface area contributed by atoms with Crippen LogP contribution in [0.2, 0.25) is 0 Å². The maximum atomic E-state index is 13.3. The number of sulfone groups is 1. The topological polar surface area (TPSA) is 154 Å². The van der Waals surface area contributed by atoms with Gasteiger partial charge >= 0.3 is 12.0 Å². The first-order valence-corrected chi connectivity index (χ1v) is 13.5. The Bertz CT molecular complexity index is 1210. The third kappa shape index (κ3) is 6.18. The van der Waals surface area contributed by atoms with Crippen molar-refractivity contribution < 1.29 is 27.9 Å². The summed E-state index contributed by atoms with van der Waals surface area (Å²) >= 11 is 1.08. The molecule has 3 unspecified atom stereocenters. The minimum atomic E-state index is -3.88. The molecule has 1 heterocycles. The van der Waals surface area contributed by atoms with Gasteiger partial charge in [0.1, 0.15) is 12.1 Å². The highest BCUT2D eigenvalue weighted by Crippen LogP contribution is 2.49. The zero-order chi connectivity index (χ0) is 26.6. The van der Waals surface area contributed by atoms with E-state index in [-0.39, 0.29) is 18.0 Å². The fourth-order valence-electron chi connectivity index (χ4n) is 3.86. The summed E-state index contributed by atoms with van der Waals surface area (Å²) in [5, 5.41) is 20.0. The van der Waals surface area contributed by atoms with Gasteiger partial charge in [0.15, 0.2) is 4.20 Å². The molecule has 1 aliphatic heterocycles. The molecule has 0 radical (unpaired) electrons. The quantitative estimate of drug-likeness (QED) is 0.326. The lowest BCUT2D eigenvalue weighted by molar-refractivity contribution is -0.142. The number of aliphatic carboxylic acids is 1. The van der Waals surface area contributed by atoms with Crippen molar-refractivity contribution in [3.05, 3.63) is 66.2 Å². The number of benzene rings is 2. The van der Waals surface area contributed by atoms with Crippen molar-refractivity contribution in [3.63, 3.8) is 0 Å². The van der Waals surface area contributed by atoms with Crippen molar-refractivity contribution in [3.8, 4) is 0 Å². The third-order valence-electron chi connectivity index (χ3n) is 5.77. The molecule has 12 heteroatoms. The van der Waals surface area contributed by atoms with Crippen LogP contribution >= 0.6 is 11.8 Å². The molecule has 0 spiro atoms. The van der Waals surface area contributed by atoms with E-state index < -0.39 is 48.8 Å². The molecule has 2 aromatic carbocycles. The summed E-state index contributed by atoms with van der Waals surface area (Å²) in [5.74, 6) is -2.02. The molecule has 3 rings (SSSR count). The molecule has 0 aliphatic carbocycles. The van der Waals surface area contributed by atoms with E-state index in [9.17, 15) is 27.9 Å². The van der Waals surface area contributed by atoms with Gasteiger partial charge in [-0.3, -0.25) is 10.1 Å². The highest BCUT2D eigenvalue weighted by Gasteiger charge is 2.57. The van der Waals surface area contributed by atoms with Crippen molar-refractivity contribution in [2.24, 2.45) is 0 Å². The first kappa shape index (κ1) is 27.5. The first-order chi connectivity index (χ1) is 16.9. The van der Waals surface area contributed by atoms with Crippen LogP contribution in [0.4, 0.5) is 4.79 Å². The van der Waals surface area contributed by atoms with Gasteiger partial charge in [-0.2, -0.15) is 0 Å². The summed E-state index contributed by atoms with van der Waals surface area (Å²) < 4.78 is 24.2. The number of thioether (sulfide) groups is 1. The fourth-order valence-corrected chi connectivity index (χ4v) is 7.93. The monoisotopic (exact) mass is 534 g/mol. The smallest absolute Gasteiger partial charge is 0.328 e. The lowest BCUT2D eigenvalue weighted by Crippen LogP contribution is -2.58. The normalized spacial score (nSPS) is 21.8. The number of amides is 3. The largest absolute Gasteiger partial charge is 0.480 e. The molecule has 0 aromatic heterocycles. The zero-order valence-electron chi connectivity index (χ0n) is 20.1. The van der Waals surface area contributed by atoms with E-state index in [0.29, 0.717) is 0 Å². The van der Waals surface area contributed by atoms with Gasteiger partial charge in [0.05, 0.1) is 11.4 Å². The Morgan fingerprint density at radius 3 is 2.17 bits per heavy atom. The summed E-state index contributed by atoms with van der Waals surface area (Å²) in [6.45, 7) is 4.81.